The largest absolute Gasteiger partial charge is 0.395 e. The van der Waals surface area contributed by atoms with Crippen LogP contribution in [0.4, 0.5) is 0 Å². The molecule has 112 valence electrons. The van der Waals surface area contributed by atoms with E-state index in [0.717, 1.165) is 25.2 Å². The minimum absolute atomic E-state index is 0.111. The van der Waals surface area contributed by atoms with E-state index in [-0.39, 0.29) is 6.61 Å². The van der Waals surface area contributed by atoms with Crippen LogP contribution in [0.25, 0.3) is 0 Å². The van der Waals surface area contributed by atoms with Gasteiger partial charge in [0.1, 0.15) is 0 Å². The molecule has 1 aromatic heterocycles. The van der Waals surface area contributed by atoms with Crippen LogP contribution >= 0.6 is 11.3 Å². The quantitative estimate of drug-likeness (QED) is 0.703. The number of nitrogens with zero attached hydrogens (tertiary/aromatic N) is 1. The van der Waals surface area contributed by atoms with E-state index in [4.69, 9.17) is 14.6 Å². The van der Waals surface area contributed by atoms with Crippen molar-refractivity contribution in [3.05, 3.63) is 21.9 Å². The molecule has 0 amide bonds. The van der Waals surface area contributed by atoms with E-state index < -0.39 is 0 Å². The van der Waals surface area contributed by atoms with Crippen molar-refractivity contribution < 1.29 is 14.6 Å². The van der Waals surface area contributed by atoms with Gasteiger partial charge in [-0.25, -0.2) is 0 Å². The minimum Gasteiger partial charge on any atom is -0.395 e. The van der Waals surface area contributed by atoms with Crippen molar-refractivity contribution in [2.24, 2.45) is 0 Å². The lowest BCUT2D eigenvalue weighted by molar-refractivity contribution is 0.111. The summed E-state index contributed by atoms with van der Waals surface area (Å²) in [5.74, 6) is 6.10. The van der Waals surface area contributed by atoms with Gasteiger partial charge in [-0.3, -0.25) is 4.90 Å². The number of methoxy groups -OCH3 is 2. The Morgan fingerprint density at radius 1 is 1.25 bits per heavy atom. The predicted molar refractivity (Wildman–Crippen MR) is 81.9 cm³/mol. The molecule has 5 heteroatoms. The van der Waals surface area contributed by atoms with Crippen molar-refractivity contribution in [3.8, 4) is 11.8 Å². The molecule has 1 heterocycles. The molecule has 0 aliphatic rings. The van der Waals surface area contributed by atoms with Crippen LogP contribution < -0.4 is 0 Å². The summed E-state index contributed by atoms with van der Waals surface area (Å²) in [7, 11) is 3.43. The maximum Gasteiger partial charge on any atom is 0.0589 e. The molecule has 0 saturated carbocycles. The van der Waals surface area contributed by atoms with Gasteiger partial charge in [-0.1, -0.05) is 11.8 Å². The fraction of sp³-hybridized carbons (Fsp3) is 0.600. The van der Waals surface area contributed by atoms with Gasteiger partial charge in [0, 0.05) is 50.7 Å². The van der Waals surface area contributed by atoms with Gasteiger partial charge in [0.2, 0.25) is 0 Å². The summed E-state index contributed by atoms with van der Waals surface area (Å²) < 4.78 is 10.3. The van der Waals surface area contributed by atoms with E-state index in [1.165, 1.54) is 4.88 Å². The lowest BCUT2D eigenvalue weighted by Crippen LogP contribution is -2.30. The second-order valence-electron chi connectivity index (χ2n) is 4.29. The van der Waals surface area contributed by atoms with Gasteiger partial charge < -0.3 is 14.6 Å². The van der Waals surface area contributed by atoms with Gasteiger partial charge in [-0.15, -0.1) is 11.3 Å². The highest BCUT2D eigenvalue weighted by Gasteiger charge is 2.09. The molecular weight excluding hydrogens is 274 g/mol. The van der Waals surface area contributed by atoms with Crippen LogP contribution in [-0.2, 0) is 16.0 Å². The fourth-order valence-electron chi connectivity index (χ4n) is 1.70. The van der Waals surface area contributed by atoms with Crippen molar-refractivity contribution in [1.82, 2.24) is 4.90 Å². The van der Waals surface area contributed by atoms with Crippen molar-refractivity contribution in [3.63, 3.8) is 0 Å². The van der Waals surface area contributed by atoms with Gasteiger partial charge in [-0.2, -0.15) is 0 Å². The van der Waals surface area contributed by atoms with Crippen molar-refractivity contribution in [1.29, 1.82) is 0 Å². The monoisotopic (exact) mass is 297 g/mol. The molecule has 20 heavy (non-hydrogen) atoms. The Kier molecular flexibility index (Phi) is 9.29. The van der Waals surface area contributed by atoms with E-state index in [1.54, 1.807) is 25.6 Å². The second kappa shape index (κ2) is 10.8. The Hall–Kier alpha value is -0.900. The number of aliphatic hydroxyl groups excluding tert-OH is 1. The summed E-state index contributed by atoms with van der Waals surface area (Å²) in [5, 5.41) is 10.8. The molecule has 0 spiro atoms. The number of aliphatic hydroxyl groups is 1. The first kappa shape index (κ1) is 17.2. The molecule has 1 aromatic rings. The topological polar surface area (TPSA) is 41.9 Å². The van der Waals surface area contributed by atoms with Gasteiger partial charge in [0.15, 0.2) is 0 Å². The Morgan fingerprint density at radius 3 is 2.55 bits per heavy atom. The van der Waals surface area contributed by atoms with Crippen LogP contribution in [0.5, 0.6) is 0 Å². The zero-order valence-electron chi connectivity index (χ0n) is 12.2. The van der Waals surface area contributed by atoms with Gasteiger partial charge >= 0.3 is 0 Å². The molecule has 0 aliphatic heterocycles. The number of hydrogen-bond donors (Lipinski definition) is 1. The zero-order chi connectivity index (χ0) is 14.6. The van der Waals surface area contributed by atoms with Crippen molar-refractivity contribution in [2.75, 3.05) is 47.1 Å². The van der Waals surface area contributed by atoms with E-state index >= 15 is 0 Å². The molecule has 4 nitrogen and oxygen atoms in total. The molecule has 0 aliphatic carbocycles. The average Bonchev–Trinajstić information content (AvgIpc) is 2.89. The molecule has 1 N–H and O–H groups in total. The minimum atomic E-state index is 0.111. The highest BCUT2D eigenvalue weighted by Crippen LogP contribution is 2.18. The third-order valence-corrected chi connectivity index (χ3v) is 3.70. The first-order valence-corrected chi connectivity index (χ1v) is 7.56. The van der Waals surface area contributed by atoms with Crippen LogP contribution in [0.3, 0.4) is 0 Å². The number of ether oxygens (including phenoxy) is 2. The molecule has 0 fully saturated rings. The number of thiophene rings is 1. The number of rotatable bonds is 9. The summed E-state index contributed by atoms with van der Waals surface area (Å²) in [6.07, 6.45) is 0.520. The van der Waals surface area contributed by atoms with Gasteiger partial charge in [0.05, 0.1) is 19.8 Å². The predicted octanol–water partition coefficient (Wildman–Crippen LogP) is 1.58. The molecule has 0 aromatic carbocycles. The first-order chi connectivity index (χ1) is 9.81. The fourth-order valence-corrected chi connectivity index (χ4v) is 2.57. The van der Waals surface area contributed by atoms with Crippen LogP contribution in [0, 0.1) is 11.8 Å². The normalized spacial score (nSPS) is 10.6. The first-order valence-electron chi connectivity index (χ1n) is 6.68. The summed E-state index contributed by atoms with van der Waals surface area (Å²) in [4.78, 5) is 3.55. The Balaban J connectivity index is 2.63. The maximum atomic E-state index is 8.77. The summed E-state index contributed by atoms with van der Waals surface area (Å²) in [6.45, 7) is 4.14. The van der Waals surface area contributed by atoms with Crippen LogP contribution in [0.1, 0.15) is 16.9 Å². The van der Waals surface area contributed by atoms with Crippen LogP contribution in [0.15, 0.2) is 11.4 Å². The second-order valence-corrected chi connectivity index (χ2v) is 5.30. The SMILES string of the molecule is COCCN(CCOC)Cc1sccc1C#CCCO. The molecule has 0 unspecified atom stereocenters. The number of hydrogen-bond acceptors (Lipinski definition) is 5. The van der Waals surface area contributed by atoms with E-state index in [9.17, 15) is 0 Å². The zero-order valence-corrected chi connectivity index (χ0v) is 13.0. The maximum absolute atomic E-state index is 8.77. The lowest BCUT2D eigenvalue weighted by Gasteiger charge is -2.21. The van der Waals surface area contributed by atoms with Crippen LogP contribution in [0.2, 0.25) is 0 Å². The molecule has 0 saturated heterocycles. The Bertz CT molecular complexity index is 414. The molecule has 1 rings (SSSR count). The van der Waals surface area contributed by atoms with E-state index in [0.29, 0.717) is 19.6 Å². The highest BCUT2D eigenvalue weighted by atomic mass is 32.1. The standard InChI is InChI=1S/C15H23NO3S/c1-18-10-7-16(8-11-19-2)13-15-14(6-12-20-15)5-3-4-9-17/h6,12,17H,4,7-11,13H2,1-2H3. The summed E-state index contributed by atoms with van der Waals surface area (Å²) in [6, 6.07) is 2.04. The molecular formula is C15H23NO3S. The molecule has 0 atom stereocenters. The summed E-state index contributed by atoms with van der Waals surface area (Å²) >= 11 is 1.71. The van der Waals surface area contributed by atoms with E-state index in [1.807, 2.05) is 6.07 Å². The van der Waals surface area contributed by atoms with Crippen LogP contribution in [-0.4, -0.2) is 57.1 Å². The third kappa shape index (κ3) is 6.51. The van der Waals surface area contributed by atoms with Crippen molar-refractivity contribution >= 4 is 11.3 Å². The Morgan fingerprint density at radius 2 is 1.95 bits per heavy atom. The Labute approximate surface area is 125 Å². The van der Waals surface area contributed by atoms with Crippen molar-refractivity contribution in [2.45, 2.75) is 13.0 Å². The summed E-state index contributed by atoms with van der Waals surface area (Å²) in [5.41, 5.74) is 1.06. The van der Waals surface area contributed by atoms with E-state index in [2.05, 4.69) is 22.1 Å². The molecule has 0 radical (unpaired) electrons. The smallest absolute Gasteiger partial charge is 0.0589 e. The lowest BCUT2D eigenvalue weighted by atomic mass is 10.2. The third-order valence-electron chi connectivity index (χ3n) is 2.80. The molecule has 0 bridgehead atoms. The van der Waals surface area contributed by atoms with Gasteiger partial charge in [0.25, 0.3) is 0 Å². The highest BCUT2D eigenvalue weighted by molar-refractivity contribution is 7.10. The van der Waals surface area contributed by atoms with Gasteiger partial charge in [-0.05, 0) is 11.4 Å². The average molecular weight is 297 g/mol.